The van der Waals surface area contributed by atoms with Crippen LogP contribution < -0.4 is 10.1 Å². The molecule has 1 N–H and O–H groups in total. The van der Waals surface area contributed by atoms with E-state index in [0.29, 0.717) is 5.56 Å². The van der Waals surface area contributed by atoms with Gasteiger partial charge in [0.15, 0.2) is 0 Å². The fraction of sp³-hybridized carbons (Fsp3) is 0.188. The second-order valence-electron chi connectivity index (χ2n) is 4.79. The fourth-order valence-electron chi connectivity index (χ4n) is 2.05. The molecule has 3 nitrogen and oxygen atoms in total. The first kappa shape index (κ1) is 17.7. The number of amides is 1. The molecule has 0 fully saturated rings. The lowest BCUT2D eigenvalue weighted by atomic mass is 10.1. The van der Waals surface area contributed by atoms with Gasteiger partial charge in [-0.3, -0.25) is 4.79 Å². The van der Waals surface area contributed by atoms with Crippen LogP contribution in [0, 0.1) is 0 Å². The van der Waals surface area contributed by atoms with Gasteiger partial charge in [0.05, 0.1) is 17.7 Å². The van der Waals surface area contributed by atoms with Gasteiger partial charge in [-0.05, 0) is 29.8 Å². The summed E-state index contributed by atoms with van der Waals surface area (Å²) in [5.41, 5.74) is -1.00. The Kier molecular flexibility index (Phi) is 5.38. The van der Waals surface area contributed by atoms with E-state index < -0.39 is 24.3 Å². The van der Waals surface area contributed by atoms with Gasteiger partial charge in [-0.25, -0.2) is 0 Å². The fourth-order valence-corrected chi connectivity index (χ4v) is 2.05. The molecule has 128 valence electrons. The highest BCUT2D eigenvalue weighted by Gasteiger charge is 2.33. The molecule has 0 spiro atoms. The lowest BCUT2D eigenvalue weighted by Crippen LogP contribution is -2.18. The van der Waals surface area contributed by atoms with Crippen LogP contribution in [0.4, 0.5) is 27.6 Å². The molecule has 0 atom stereocenters. The number of anilines is 1. The Labute approximate surface area is 134 Å². The van der Waals surface area contributed by atoms with E-state index in [1.54, 1.807) is 0 Å². The van der Waals surface area contributed by atoms with Gasteiger partial charge in [0.25, 0.3) is 0 Å². The zero-order chi connectivity index (χ0) is 17.7. The number of carbonyl (C=O) groups excluding carboxylic acids is 1. The smallest absolute Gasteiger partial charge is 0.418 e. The van der Waals surface area contributed by atoms with Crippen LogP contribution in [-0.4, -0.2) is 12.5 Å². The Morgan fingerprint density at radius 2 is 1.79 bits per heavy atom. The van der Waals surface area contributed by atoms with Crippen LogP contribution in [0.15, 0.2) is 48.5 Å². The zero-order valence-electron chi connectivity index (χ0n) is 12.1. The zero-order valence-corrected chi connectivity index (χ0v) is 12.1. The summed E-state index contributed by atoms with van der Waals surface area (Å²) in [7, 11) is 0. The lowest BCUT2D eigenvalue weighted by molar-refractivity contribution is -0.137. The topological polar surface area (TPSA) is 38.3 Å². The van der Waals surface area contributed by atoms with E-state index in [0.717, 1.165) is 12.1 Å². The van der Waals surface area contributed by atoms with Gasteiger partial charge in [-0.2, -0.15) is 22.0 Å². The summed E-state index contributed by atoms with van der Waals surface area (Å²) in [5, 5.41) is 2.18. The molecule has 8 heteroatoms. The van der Waals surface area contributed by atoms with Gasteiger partial charge in [0.2, 0.25) is 5.91 Å². The van der Waals surface area contributed by atoms with Crippen LogP contribution in [0.5, 0.6) is 5.75 Å². The van der Waals surface area contributed by atoms with E-state index in [-0.39, 0.29) is 17.9 Å². The number of hydrogen-bond donors (Lipinski definition) is 1. The molecular weight excluding hydrogens is 333 g/mol. The van der Waals surface area contributed by atoms with Crippen molar-refractivity contribution in [1.29, 1.82) is 0 Å². The van der Waals surface area contributed by atoms with Crippen LogP contribution in [0.2, 0.25) is 0 Å². The Bertz CT molecular complexity index is 716. The summed E-state index contributed by atoms with van der Waals surface area (Å²) in [6.07, 6.45) is -4.89. The summed E-state index contributed by atoms with van der Waals surface area (Å²) in [5.74, 6) is -0.841. The highest BCUT2D eigenvalue weighted by molar-refractivity contribution is 5.93. The molecule has 0 bridgehead atoms. The maximum absolute atomic E-state index is 12.9. The van der Waals surface area contributed by atoms with Gasteiger partial charge < -0.3 is 10.1 Å². The number of alkyl halides is 5. The molecule has 0 unspecified atom stereocenters. The number of carbonyl (C=O) groups is 1. The molecule has 24 heavy (non-hydrogen) atoms. The number of nitrogens with one attached hydrogen (secondary N) is 1. The molecule has 2 aromatic rings. The van der Waals surface area contributed by atoms with E-state index in [1.807, 2.05) is 0 Å². The molecule has 0 aliphatic carbocycles. The molecule has 0 saturated heterocycles. The predicted octanol–water partition coefficient (Wildman–Crippen LogP) is 4.49. The predicted molar refractivity (Wildman–Crippen MR) is 76.9 cm³/mol. The minimum absolute atomic E-state index is 0.133. The van der Waals surface area contributed by atoms with Crippen LogP contribution in [-0.2, 0) is 17.4 Å². The van der Waals surface area contributed by atoms with Crippen molar-refractivity contribution in [3.8, 4) is 5.75 Å². The van der Waals surface area contributed by atoms with Crippen LogP contribution in [0.1, 0.15) is 11.1 Å². The molecule has 0 saturated carbocycles. The summed E-state index contributed by atoms with van der Waals surface area (Å²) in [6.45, 7) is -3.01. The van der Waals surface area contributed by atoms with Crippen molar-refractivity contribution in [1.82, 2.24) is 0 Å². The highest BCUT2D eigenvalue weighted by Crippen LogP contribution is 2.34. The SMILES string of the molecule is O=C(Cc1cccc(OC(F)F)c1)Nc1ccccc1C(F)(F)F. The number of ether oxygens (including phenoxy) is 1. The van der Waals surface area contributed by atoms with E-state index in [2.05, 4.69) is 10.1 Å². The Balaban J connectivity index is 2.10. The molecule has 0 aromatic heterocycles. The van der Waals surface area contributed by atoms with E-state index in [4.69, 9.17) is 0 Å². The standard InChI is InChI=1S/C16H12F5NO2/c17-15(18)24-11-5-3-4-10(8-11)9-14(23)22-13-7-2-1-6-12(13)16(19,20)21/h1-8,15H,9H2,(H,22,23). The monoisotopic (exact) mass is 345 g/mol. The maximum Gasteiger partial charge on any atom is 0.418 e. The van der Waals surface area contributed by atoms with Gasteiger partial charge in [0.1, 0.15) is 5.75 Å². The number of hydrogen-bond acceptors (Lipinski definition) is 2. The molecule has 2 rings (SSSR count). The van der Waals surface area contributed by atoms with E-state index in [9.17, 15) is 26.7 Å². The average Bonchev–Trinajstić information content (AvgIpc) is 2.46. The number of benzene rings is 2. The Hall–Kier alpha value is -2.64. The van der Waals surface area contributed by atoms with Crippen LogP contribution in [0.3, 0.4) is 0 Å². The molecule has 1 amide bonds. The van der Waals surface area contributed by atoms with Crippen molar-refractivity contribution in [2.75, 3.05) is 5.32 Å². The van der Waals surface area contributed by atoms with Crippen LogP contribution >= 0.6 is 0 Å². The van der Waals surface area contributed by atoms with Gasteiger partial charge in [-0.15, -0.1) is 0 Å². The first-order valence-electron chi connectivity index (χ1n) is 6.75. The highest BCUT2D eigenvalue weighted by atomic mass is 19.4. The second-order valence-corrected chi connectivity index (χ2v) is 4.79. The molecule has 0 heterocycles. The normalized spacial score (nSPS) is 11.4. The summed E-state index contributed by atoms with van der Waals surface area (Å²) < 4.78 is 67.1. The minimum Gasteiger partial charge on any atom is -0.435 e. The van der Waals surface area contributed by atoms with Crippen molar-refractivity contribution in [3.05, 3.63) is 59.7 Å². The molecule has 2 aromatic carbocycles. The summed E-state index contributed by atoms with van der Waals surface area (Å²) in [6, 6.07) is 9.96. The molecule has 0 radical (unpaired) electrons. The maximum atomic E-state index is 12.9. The number of rotatable bonds is 5. The Morgan fingerprint density at radius 3 is 2.46 bits per heavy atom. The summed E-state index contributed by atoms with van der Waals surface area (Å²) in [4.78, 5) is 11.9. The average molecular weight is 345 g/mol. The van der Waals surface area contributed by atoms with Crippen molar-refractivity contribution in [2.24, 2.45) is 0 Å². The van der Waals surface area contributed by atoms with Gasteiger partial charge in [0, 0.05) is 0 Å². The first-order valence-corrected chi connectivity index (χ1v) is 6.75. The Morgan fingerprint density at radius 1 is 1.08 bits per heavy atom. The number of halogens is 5. The number of para-hydroxylation sites is 1. The summed E-state index contributed by atoms with van der Waals surface area (Å²) >= 11 is 0. The van der Waals surface area contributed by atoms with E-state index >= 15 is 0 Å². The minimum atomic E-state index is -4.60. The van der Waals surface area contributed by atoms with Crippen molar-refractivity contribution < 1.29 is 31.5 Å². The third kappa shape index (κ3) is 4.94. The largest absolute Gasteiger partial charge is 0.435 e. The first-order chi connectivity index (χ1) is 11.3. The third-order valence-electron chi connectivity index (χ3n) is 2.99. The molecular formula is C16H12F5NO2. The third-order valence-corrected chi connectivity index (χ3v) is 2.99. The van der Waals surface area contributed by atoms with E-state index in [1.165, 1.54) is 36.4 Å². The molecule has 0 aliphatic rings. The quantitative estimate of drug-likeness (QED) is 0.811. The second kappa shape index (κ2) is 7.29. The van der Waals surface area contributed by atoms with Gasteiger partial charge in [-0.1, -0.05) is 24.3 Å². The van der Waals surface area contributed by atoms with Gasteiger partial charge >= 0.3 is 12.8 Å². The van der Waals surface area contributed by atoms with Crippen molar-refractivity contribution in [3.63, 3.8) is 0 Å². The van der Waals surface area contributed by atoms with Crippen molar-refractivity contribution >= 4 is 11.6 Å². The lowest BCUT2D eigenvalue weighted by Gasteiger charge is -2.13. The van der Waals surface area contributed by atoms with Crippen molar-refractivity contribution in [2.45, 2.75) is 19.2 Å². The van der Waals surface area contributed by atoms with Crippen LogP contribution in [0.25, 0.3) is 0 Å². The molecule has 0 aliphatic heterocycles.